The summed E-state index contributed by atoms with van der Waals surface area (Å²) < 4.78 is 7.17. The van der Waals surface area contributed by atoms with Gasteiger partial charge in [0.05, 0.1) is 29.4 Å². The van der Waals surface area contributed by atoms with E-state index in [-0.39, 0.29) is 5.91 Å². The Morgan fingerprint density at radius 3 is 2.46 bits per heavy atom. The summed E-state index contributed by atoms with van der Waals surface area (Å²) in [6.45, 7) is 0. The van der Waals surface area contributed by atoms with Gasteiger partial charge in [0.25, 0.3) is 5.91 Å². The first-order valence-electron chi connectivity index (χ1n) is 11.0. The van der Waals surface area contributed by atoms with Gasteiger partial charge in [0.2, 0.25) is 0 Å². The van der Waals surface area contributed by atoms with Crippen molar-refractivity contribution in [3.63, 3.8) is 0 Å². The first-order chi connectivity index (χ1) is 17.1. The van der Waals surface area contributed by atoms with E-state index < -0.39 is 0 Å². The molecule has 0 saturated heterocycles. The van der Waals surface area contributed by atoms with Crippen LogP contribution in [0.4, 0.5) is 5.69 Å². The fraction of sp³-hybridized carbons (Fsp3) is 0.0357. The Kier molecular flexibility index (Phi) is 5.08. The molecule has 0 unspecified atom stereocenters. The minimum atomic E-state index is -0.251. The molecule has 6 nitrogen and oxygen atoms in total. The summed E-state index contributed by atoms with van der Waals surface area (Å²) in [7, 11) is 1.55. The fourth-order valence-corrected chi connectivity index (χ4v) is 4.44. The van der Waals surface area contributed by atoms with Gasteiger partial charge in [-0.05, 0) is 42.5 Å². The molecule has 6 rings (SSSR count). The van der Waals surface area contributed by atoms with E-state index in [1.807, 2.05) is 77.3 Å². The van der Waals surface area contributed by atoms with Crippen molar-refractivity contribution in [2.75, 3.05) is 12.4 Å². The predicted molar refractivity (Wildman–Crippen MR) is 139 cm³/mol. The van der Waals surface area contributed by atoms with Gasteiger partial charge in [0.1, 0.15) is 5.75 Å². The van der Waals surface area contributed by atoms with Crippen molar-refractivity contribution in [1.82, 2.24) is 14.6 Å². The predicted octanol–water partition coefficient (Wildman–Crippen LogP) is 6.62. The number of methoxy groups -OCH3 is 1. The maximum atomic E-state index is 12.9. The van der Waals surface area contributed by atoms with Crippen LogP contribution in [-0.4, -0.2) is 27.6 Å². The van der Waals surface area contributed by atoms with Crippen molar-refractivity contribution in [2.24, 2.45) is 0 Å². The average molecular weight is 479 g/mol. The van der Waals surface area contributed by atoms with Crippen LogP contribution in [0.5, 0.6) is 5.75 Å². The highest BCUT2D eigenvalue weighted by molar-refractivity contribution is 6.30. The molecular weight excluding hydrogens is 460 g/mol. The Morgan fingerprint density at radius 2 is 1.66 bits per heavy atom. The van der Waals surface area contributed by atoms with Gasteiger partial charge < -0.3 is 10.1 Å². The van der Waals surface area contributed by atoms with Gasteiger partial charge in [-0.25, -0.2) is 9.50 Å². The molecule has 1 amide bonds. The van der Waals surface area contributed by atoms with Crippen molar-refractivity contribution in [3.05, 3.63) is 102 Å². The monoisotopic (exact) mass is 478 g/mol. The number of benzene rings is 4. The molecule has 0 bridgehead atoms. The molecule has 0 fully saturated rings. The largest absolute Gasteiger partial charge is 0.496 e. The Labute approximate surface area is 205 Å². The van der Waals surface area contributed by atoms with Crippen LogP contribution < -0.4 is 10.1 Å². The molecule has 4 aromatic carbocycles. The summed E-state index contributed by atoms with van der Waals surface area (Å²) in [5.41, 5.74) is 5.24. The Morgan fingerprint density at radius 1 is 0.914 bits per heavy atom. The summed E-state index contributed by atoms with van der Waals surface area (Å²) in [6.07, 6.45) is 0. The normalized spacial score (nSPS) is 11.3. The maximum Gasteiger partial charge on any atom is 0.259 e. The molecule has 0 atom stereocenters. The third-order valence-electron chi connectivity index (χ3n) is 5.98. The van der Waals surface area contributed by atoms with E-state index in [1.165, 1.54) is 0 Å². The van der Waals surface area contributed by atoms with Crippen LogP contribution in [0.25, 0.3) is 38.7 Å². The molecule has 0 saturated carbocycles. The topological polar surface area (TPSA) is 68.5 Å². The summed E-state index contributed by atoms with van der Waals surface area (Å²) in [6, 6.07) is 28.5. The van der Waals surface area contributed by atoms with Crippen LogP contribution in [0.15, 0.2) is 91.0 Å². The number of carbonyl (C=O) groups is 1. The number of hydrogen-bond donors (Lipinski definition) is 1. The Hall–Kier alpha value is -4.42. The highest BCUT2D eigenvalue weighted by Crippen LogP contribution is 2.32. The SMILES string of the molecule is COc1ccccc1C(=O)Nc1ccc2c(c1)nc1c3ccccc3c(-c3ccc(Cl)cc3)nn21. The molecule has 0 radical (unpaired) electrons. The highest BCUT2D eigenvalue weighted by atomic mass is 35.5. The molecular formula is C28H19ClN4O2. The molecule has 2 aromatic heterocycles. The molecule has 7 heteroatoms. The van der Waals surface area contributed by atoms with E-state index in [1.54, 1.807) is 25.3 Å². The second kappa shape index (κ2) is 8.42. The summed E-state index contributed by atoms with van der Waals surface area (Å²) >= 11 is 6.11. The van der Waals surface area contributed by atoms with E-state index in [0.29, 0.717) is 22.0 Å². The van der Waals surface area contributed by atoms with E-state index >= 15 is 0 Å². The van der Waals surface area contributed by atoms with Gasteiger partial charge in [-0.3, -0.25) is 4.79 Å². The number of anilines is 1. The molecule has 35 heavy (non-hydrogen) atoms. The first kappa shape index (κ1) is 21.1. The molecule has 2 heterocycles. The van der Waals surface area contributed by atoms with Crippen LogP contribution in [0.2, 0.25) is 5.02 Å². The lowest BCUT2D eigenvalue weighted by molar-refractivity contribution is 0.102. The smallest absolute Gasteiger partial charge is 0.259 e. The number of hydrogen-bond acceptors (Lipinski definition) is 4. The third-order valence-corrected chi connectivity index (χ3v) is 6.23. The standard InChI is InChI=1S/C28H19ClN4O2/c1-35-25-9-5-4-8-22(25)28(34)30-19-14-15-24-23(16-19)31-27-21-7-3-2-6-20(21)26(32-33(24)27)17-10-12-18(29)13-11-17/h2-16H,1H3,(H,30,34). The average Bonchev–Trinajstić information content (AvgIpc) is 3.26. The first-order valence-corrected chi connectivity index (χ1v) is 11.4. The van der Waals surface area contributed by atoms with Gasteiger partial charge >= 0.3 is 0 Å². The van der Waals surface area contributed by atoms with Crippen molar-refractivity contribution >= 4 is 50.6 Å². The highest BCUT2D eigenvalue weighted by Gasteiger charge is 2.16. The van der Waals surface area contributed by atoms with E-state index in [0.717, 1.165) is 38.7 Å². The lowest BCUT2D eigenvalue weighted by Gasteiger charge is -2.09. The van der Waals surface area contributed by atoms with E-state index in [2.05, 4.69) is 5.32 Å². The number of fused-ring (bicyclic) bond motifs is 5. The number of nitrogens with zero attached hydrogens (tertiary/aromatic N) is 3. The molecule has 0 spiro atoms. The molecule has 0 aliphatic carbocycles. The van der Waals surface area contributed by atoms with Gasteiger partial charge in [-0.1, -0.05) is 60.1 Å². The van der Waals surface area contributed by atoms with Crippen LogP contribution in [0, 0.1) is 0 Å². The number of carbonyl (C=O) groups excluding carboxylic acids is 1. The minimum absolute atomic E-state index is 0.251. The van der Waals surface area contributed by atoms with Gasteiger partial charge in [0, 0.05) is 27.0 Å². The van der Waals surface area contributed by atoms with E-state index in [4.69, 9.17) is 26.4 Å². The number of aromatic nitrogens is 3. The quantitative estimate of drug-likeness (QED) is 0.309. The third kappa shape index (κ3) is 3.64. The van der Waals surface area contributed by atoms with Gasteiger partial charge in [-0.15, -0.1) is 0 Å². The summed E-state index contributed by atoms with van der Waals surface area (Å²) in [5.74, 6) is 0.267. The van der Waals surface area contributed by atoms with Crippen molar-refractivity contribution < 1.29 is 9.53 Å². The number of ether oxygens (including phenoxy) is 1. The number of rotatable bonds is 4. The van der Waals surface area contributed by atoms with Gasteiger partial charge in [0.15, 0.2) is 5.65 Å². The lowest BCUT2D eigenvalue weighted by atomic mass is 10.1. The second-order valence-corrected chi connectivity index (χ2v) is 8.54. The van der Waals surface area contributed by atoms with Crippen molar-refractivity contribution in [1.29, 1.82) is 0 Å². The van der Waals surface area contributed by atoms with Crippen LogP contribution >= 0.6 is 11.6 Å². The molecule has 1 N–H and O–H groups in total. The minimum Gasteiger partial charge on any atom is -0.496 e. The fourth-order valence-electron chi connectivity index (χ4n) is 4.31. The lowest BCUT2D eigenvalue weighted by Crippen LogP contribution is -2.13. The number of amides is 1. The summed E-state index contributed by atoms with van der Waals surface area (Å²) in [5, 5.41) is 10.6. The Bertz CT molecular complexity index is 1740. The van der Waals surface area contributed by atoms with Crippen LogP contribution in [0.3, 0.4) is 0 Å². The molecule has 170 valence electrons. The van der Waals surface area contributed by atoms with E-state index in [9.17, 15) is 4.79 Å². The summed E-state index contributed by atoms with van der Waals surface area (Å²) in [4.78, 5) is 17.7. The number of halogens is 1. The number of nitrogens with one attached hydrogen (secondary N) is 1. The zero-order valence-corrected chi connectivity index (χ0v) is 19.5. The van der Waals surface area contributed by atoms with Crippen LogP contribution in [-0.2, 0) is 0 Å². The Balaban J connectivity index is 1.48. The maximum absolute atomic E-state index is 12.9. The second-order valence-electron chi connectivity index (χ2n) is 8.11. The molecule has 0 aliphatic rings. The molecule has 0 aliphatic heterocycles. The molecule has 6 aromatic rings. The van der Waals surface area contributed by atoms with Gasteiger partial charge in [-0.2, -0.15) is 5.10 Å². The van der Waals surface area contributed by atoms with Crippen molar-refractivity contribution in [2.45, 2.75) is 0 Å². The number of para-hydroxylation sites is 1. The zero-order chi connectivity index (χ0) is 23.9. The van der Waals surface area contributed by atoms with Crippen LogP contribution in [0.1, 0.15) is 10.4 Å². The van der Waals surface area contributed by atoms with Crippen molar-refractivity contribution in [3.8, 4) is 17.0 Å². The zero-order valence-electron chi connectivity index (χ0n) is 18.7. The number of imidazole rings is 1.